The molecule has 1 rings (SSSR count). The Balaban J connectivity index is 2.48. The maximum absolute atomic E-state index is 7.67. The van der Waals surface area contributed by atoms with Gasteiger partial charge in [0.25, 0.3) is 0 Å². The van der Waals surface area contributed by atoms with Gasteiger partial charge < -0.3 is 0 Å². The molecular weight excluding hydrogens is 150 g/mol. The van der Waals surface area contributed by atoms with Gasteiger partial charge in [0.2, 0.25) is 0 Å². The molecule has 0 aliphatic carbocycles. The third-order valence-electron chi connectivity index (χ3n) is 1.62. The second kappa shape index (κ2) is 4.85. The molecule has 1 atom stereocenters. The van der Waals surface area contributed by atoms with Crippen LogP contribution in [0.5, 0.6) is 0 Å². The molecule has 0 bridgehead atoms. The zero-order valence-corrected chi connectivity index (χ0v) is 7.25. The van der Waals surface area contributed by atoms with Gasteiger partial charge in [-0.05, 0) is 19.0 Å². The summed E-state index contributed by atoms with van der Waals surface area (Å²) in [6.45, 7) is 2.96. The van der Waals surface area contributed by atoms with Crippen molar-refractivity contribution >= 4 is 0 Å². The molecule has 0 fully saturated rings. The molecule has 3 heteroatoms. The highest BCUT2D eigenvalue weighted by Crippen LogP contribution is 2.05. The standard InChI is InChI=1S/C9H14N3/c1-2-5-12-9(10)8-4-3-6-11-7-8/h3-4,6-7,9-10,12H,2,5H2,1H3. The summed E-state index contributed by atoms with van der Waals surface area (Å²) in [7, 11) is 0. The van der Waals surface area contributed by atoms with E-state index in [4.69, 9.17) is 5.73 Å². The van der Waals surface area contributed by atoms with Crippen LogP contribution in [0.4, 0.5) is 0 Å². The lowest BCUT2D eigenvalue weighted by Crippen LogP contribution is -2.22. The van der Waals surface area contributed by atoms with Gasteiger partial charge in [-0.25, -0.2) is 5.73 Å². The highest BCUT2D eigenvalue weighted by atomic mass is 15.0. The van der Waals surface area contributed by atoms with E-state index in [0.29, 0.717) is 0 Å². The predicted molar refractivity (Wildman–Crippen MR) is 48.4 cm³/mol. The number of aromatic nitrogens is 1. The quantitative estimate of drug-likeness (QED) is 0.730. The minimum Gasteiger partial charge on any atom is -0.297 e. The Hall–Kier alpha value is -0.930. The van der Waals surface area contributed by atoms with Gasteiger partial charge in [0.05, 0.1) is 6.17 Å². The van der Waals surface area contributed by atoms with Crippen molar-refractivity contribution in [2.75, 3.05) is 6.54 Å². The molecule has 0 aliphatic heterocycles. The van der Waals surface area contributed by atoms with Gasteiger partial charge in [0.15, 0.2) is 0 Å². The van der Waals surface area contributed by atoms with Gasteiger partial charge >= 0.3 is 0 Å². The van der Waals surface area contributed by atoms with Crippen LogP contribution >= 0.6 is 0 Å². The molecule has 0 saturated heterocycles. The third kappa shape index (κ3) is 2.60. The minimum atomic E-state index is -0.335. The van der Waals surface area contributed by atoms with Gasteiger partial charge in [0.1, 0.15) is 0 Å². The van der Waals surface area contributed by atoms with Gasteiger partial charge in [-0.2, -0.15) is 0 Å². The first-order valence-corrected chi connectivity index (χ1v) is 4.19. The lowest BCUT2D eigenvalue weighted by molar-refractivity contribution is 0.534. The van der Waals surface area contributed by atoms with Crippen molar-refractivity contribution in [2.45, 2.75) is 19.5 Å². The maximum atomic E-state index is 7.67. The molecule has 3 nitrogen and oxygen atoms in total. The second-order valence-electron chi connectivity index (χ2n) is 2.67. The molecule has 65 valence electrons. The first kappa shape index (κ1) is 9.16. The van der Waals surface area contributed by atoms with Crippen LogP contribution in [0.1, 0.15) is 25.1 Å². The van der Waals surface area contributed by atoms with Crippen LogP contribution in [0.25, 0.3) is 0 Å². The zero-order valence-electron chi connectivity index (χ0n) is 7.25. The summed E-state index contributed by atoms with van der Waals surface area (Å²) in [5, 5.41) is 3.08. The van der Waals surface area contributed by atoms with Crippen molar-refractivity contribution in [1.82, 2.24) is 16.0 Å². The Morgan fingerprint density at radius 2 is 2.50 bits per heavy atom. The van der Waals surface area contributed by atoms with Crippen molar-refractivity contribution in [3.05, 3.63) is 30.1 Å². The van der Waals surface area contributed by atoms with E-state index in [0.717, 1.165) is 18.5 Å². The Bertz CT molecular complexity index is 210. The Morgan fingerprint density at radius 1 is 1.67 bits per heavy atom. The van der Waals surface area contributed by atoms with Crippen LogP contribution in [0, 0.1) is 0 Å². The van der Waals surface area contributed by atoms with E-state index >= 15 is 0 Å². The van der Waals surface area contributed by atoms with E-state index in [9.17, 15) is 0 Å². The van der Waals surface area contributed by atoms with E-state index in [1.54, 1.807) is 12.4 Å². The normalized spacial score (nSPS) is 12.8. The Morgan fingerprint density at radius 3 is 3.08 bits per heavy atom. The van der Waals surface area contributed by atoms with Gasteiger partial charge in [-0.3, -0.25) is 10.3 Å². The fourth-order valence-electron chi connectivity index (χ4n) is 0.953. The molecule has 2 N–H and O–H groups in total. The molecule has 0 amide bonds. The summed E-state index contributed by atoms with van der Waals surface area (Å²) in [6, 6.07) is 3.76. The number of nitrogens with one attached hydrogen (secondary N) is 2. The van der Waals surface area contributed by atoms with E-state index in [2.05, 4.69) is 17.2 Å². The van der Waals surface area contributed by atoms with Crippen molar-refractivity contribution in [3.8, 4) is 0 Å². The summed E-state index contributed by atoms with van der Waals surface area (Å²) in [5.41, 5.74) is 8.59. The van der Waals surface area contributed by atoms with Crippen molar-refractivity contribution in [1.29, 1.82) is 0 Å². The summed E-state index contributed by atoms with van der Waals surface area (Å²) < 4.78 is 0. The lowest BCUT2D eigenvalue weighted by atomic mass is 10.2. The number of hydrogen-bond acceptors (Lipinski definition) is 2. The molecular formula is C9H14N3. The van der Waals surface area contributed by atoms with Gasteiger partial charge in [0, 0.05) is 18.0 Å². The second-order valence-corrected chi connectivity index (χ2v) is 2.67. The van der Waals surface area contributed by atoms with Crippen molar-refractivity contribution in [2.24, 2.45) is 0 Å². The molecule has 1 unspecified atom stereocenters. The van der Waals surface area contributed by atoms with E-state index in [1.165, 1.54) is 0 Å². The highest BCUT2D eigenvalue weighted by Gasteiger charge is 2.03. The molecule has 0 aliphatic rings. The first-order chi connectivity index (χ1) is 5.84. The average Bonchev–Trinajstić information content (AvgIpc) is 2.15. The van der Waals surface area contributed by atoms with E-state index in [-0.39, 0.29) is 6.17 Å². The molecule has 1 aromatic rings. The molecule has 12 heavy (non-hydrogen) atoms. The number of rotatable bonds is 4. The van der Waals surface area contributed by atoms with Gasteiger partial charge in [-0.15, -0.1) is 0 Å². The van der Waals surface area contributed by atoms with Crippen LogP contribution in [-0.4, -0.2) is 11.5 Å². The van der Waals surface area contributed by atoms with Gasteiger partial charge in [-0.1, -0.05) is 13.0 Å². The van der Waals surface area contributed by atoms with Crippen molar-refractivity contribution < 1.29 is 0 Å². The first-order valence-electron chi connectivity index (χ1n) is 4.19. The van der Waals surface area contributed by atoms with Crippen LogP contribution in [0.2, 0.25) is 0 Å². The third-order valence-corrected chi connectivity index (χ3v) is 1.62. The van der Waals surface area contributed by atoms with Crippen molar-refractivity contribution in [3.63, 3.8) is 0 Å². The molecule has 1 aromatic heterocycles. The average molecular weight is 164 g/mol. The van der Waals surface area contributed by atoms with Crippen LogP contribution in [-0.2, 0) is 0 Å². The molecule has 1 heterocycles. The molecule has 0 saturated carbocycles. The predicted octanol–water partition coefficient (Wildman–Crippen LogP) is 1.36. The van der Waals surface area contributed by atoms with Crippen LogP contribution in [0.3, 0.4) is 0 Å². The molecule has 0 aromatic carbocycles. The van der Waals surface area contributed by atoms with E-state index < -0.39 is 0 Å². The fraction of sp³-hybridized carbons (Fsp3) is 0.444. The monoisotopic (exact) mass is 164 g/mol. The molecule has 0 spiro atoms. The van der Waals surface area contributed by atoms with Crippen LogP contribution in [0.15, 0.2) is 24.5 Å². The summed E-state index contributed by atoms with van der Waals surface area (Å²) in [4.78, 5) is 3.95. The fourth-order valence-corrected chi connectivity index (χ4v) is 0.953. The maximum Gasteiger partial charge on any atom is 0.0978 e. The zero-order chi connectivity index (χ0) is 8.81. The topological polar surface area (TPSA) is 48.7 Å². The summed E-state index contributed by atoms with van der Waals surface area (Å²) >= 11 is 0. The van der Waals surface area contributed by atoms with Crippen LogP contribution < -0.4 is 11.1 Å². The Kier molecular flexibility index (Phi) is 3.70. The summed E-state index contributed by atoms with van der Waals surface area (Å²) in [6.07, 6.45) is 4.16. The highest BCUT2D eigenvalue weighted by molar-refractivity contribution is 5.11. The molecule has 1 radical (unpaired) electrons. The largest absolute Gasteiger partial charge is 0.297 e. The Labute approximate surface area is 73.0 Å². The number of hydrogen-bond donors (Lipinski definition) is 1. The smallest absolute Gasteiger partial charge is 0.0978 e. The number of pyridine rings is 1. The minimum absolute atomic E-state index is 0.335. The number of nitrogens with zero attached hydrogens (tertiary/aromatic N) is 1. The van der Waals surface area contributed by atoms with E-state index in [1.807, 2.05) is 12.1 Å². The SMILES string of the molecule is CCCNC([NH])c1cccnc1. The lowest BCUT2D eigenvalue weighted by Gasteiger charge is -2.11. The summed E-state index contributed by atoms with van der Waals surface area (Å²) in [5.74, 6) is 0.